The molecule has 2 heterocycles. The molecule has 0 atom stereocenters. The predicted octanol–water partition coefficient (Wildman–Crippen LogP) is 3.44. The first-order chi connectivity index (χ1) is 13.7. The molecular formula is C22H28N4O2. The molecule has 1 aliphatic rings. The summed E-state index contributed by atoms with van der Waals surface area (Å²) in [5.74, 6) is 0. The number of benzene rings is 1. The molecule has 6 nitrogen and oxygen atoms in total. The zero-order chi connectivity index (χ0) is 19.6. The molecule has 3 rings (SSSR count). The lowest BCUT2D eigenvalue weighted by Gasteiger charge is -2.34. The van der Waals surface area contributed by atoms with Gasteiger partial charge in [0.1, 0.15) is 0 Å². The summed E-state index contributed by atoms with van der Waals surface area (Å²) in [7, 11) is 0. The minimum Gasteiger partial charge on any atom is -0.380 e. The molecule has 0 aliphatic carbocycles. The second-order valence-electron chi connectivity index (χ2n) is 6.67. The molecule has 1 aromatic carbocycles. The van der Waals surface area contributed by atoms with Crippen molar-refractivity contribution in [2.24, 2.45) is 0 Å². The summed E-state index contributed by atoms with van der Waals surface area (Å²) in [6, 6.07) is 13.6. The molecule has 0 unspecified atom stereocenters. The molecule has 0 spiro atoms. The van der Waals surface area contributed by atoms with Crippen molar-refractivity contribution >= 4 is 23.9 Å². The van der Waals surface area contributed by atoms with Crippen LogP contribution in [0.3, 0.4) is 0 Å². The van der Waals surface area contributed by atoms with E-state index in [0.717, 1.165) is 62.9 Å². The zero-order valence-electron chi connectivity index (χ0n) is 16.4. The van der Waals surface area contributed by atoms with Crippen molar-refractivity contribution in [3.05, 3.63) is 59.9 Å². The van der Waals surface area contributed by atoms with Gasteiger partial charge in [-0.25, -0.2) is 4.79 Å². The van der Waals surface area contributed by atoms with Crippen molar-refractivity contribution in [1.82, 2.24) is 14.8 Å². The Balaban J connectivity index is 1.50. The number of carbonyl (C=O) groups excluding carboxylic acids is 1. The van der Waals surface area contributed by atoms with E-state index >= 15 is 0 Å². The highest BCUT2D eigenvalue weighted by Gasteiger charge is 2.20. The maximum atomic E-state index is 12.6. The van der Waals surface area contributed by atoms with Gasteiger partial charge in [0.2, 0.25) is 0 Å². The van der Waals surface area contributed by atoms with Crippen molar-refractivity contribution in [3.63, 3.8) is 0 Å². The third-order valence-electron chi connectivity index (χ3n) is 4.69. The minimum absolute atomic E-state index is 0.0460. The summed E-state index contributed by atoms with van der Waals surface area (Å²) in [5.41, 5.74) is 2.72. The molecular weight excluding hydrogens is 352 g/mol. The molecule has 1 saturated heterocycles. The molecule has 1 aromatic heterocycles. The van der Waals surface area contributed by atoms with Crippen LogP contribution in [0.15, 0.2) is 48.7 Å². The number of pyridine rings is 1. The Hall–Kier alpha value is -2.70. The Morgan fingerprint density at radius 1 is 1.14 bits per heavy atom. The smallest absolute Gasteiger partial charge is 0.321 e. The number of hydrogen-bond donors (Lipinski definition) is 1. The van der Waals surface area contributed by atoms with Crippen molar-refractivity contribution in [3.8, 4) is 0 Å². The summed E-state index contributed by atoms with van der Waals surface area (Å²) >= 11 is 0. The molecule has 1 aliphatic heterocycles. The maximum Gasteiger partial charge on any atom is 0.321 e. The molecule has 2 aromatic rings. The monoisotopic (exact) mass is 380 g/mol. The second-order valence-corrected chi connectivity index (χ2v) is 6.67. The third-order valence-corrected chi connectivity index (χ3v) is 4.69. The van der Waals surface area contributed by atoms with E-state index in [1.54, 1.807) is 6.20 Å². The molecule has 6 heteroatoms. The molecule has 0 bridgehead atoms. The van der Waals surface area contributed by atoms with E-state index in [1.807, 2.05) is 66.4 Å². The number of aromatic nitrogens is 1. The zero-order valence-corrected chi connectivity index (χ0v) is 16.4. The fourth-order valence-corrected chi connectivity index (χ4v) is 3.09. The van der Waals surface area contributed by atoms with E-state index in [-0.39, 0.29) is 6.03 Å². The fraction of sp³-hybridized carbons (Fsp3) is 0.364. The van der Waals surface area contributed by atoms with Crippen molar-refractivity contribution in [2.75, 3.05) is 51.3 Å². The van der Waals surface area contributed by atoms with Gasteiger partial charge in [0, 0.05) is 51.2 Å². The first kappa shape index (κ1) is 20.0. The topological polar surface area (TPSA) is 57.7 Å². The van der Waals surface area contributed by atoms with Crippen LogP contribution in [0.2, 0.25) is 0 Å². The molecule has 0 saturated carbocycles. The quantitative estimate of drug-likeness (QED) is 0.748. The number of carbonyl (C=O) groups is 1. The SMILES string of the molecule is CCOCCN1CCN(C(=O)Nc2cccc(C=Cc3ccccn3)c2)CC1. The van der Waals surface area contributed by atoms with Crippen molar-refractivity contribution < 1.29 is 9.53 Å². The van der Waals surface area contributed by atoms with Gasteiger partial charge in [-0.1, -0.05) is 24.3 Å². The van der Waals surface area contributed by atoms with E-state index in [2.05, 4.69) is 15.2 Å². The number of ether oxygens (including phenoxy) is 1. The molecule has 2 amide bonds. The normalized spacial score (nSPS) is 15.1. The van der Waals surface area contributed by atoms with Crippen LogP contribution in [-0.2, 0) is 4.74 Å². The van der Waals surface area contributed by atoms with E-state index < -0.39 is 0 Å². The summed E-state index contributed by atoms with van der Waals surface area (Å²) in [6.45, 7) is 7.66. The Morgan fingerprint density at radius 3 is 2.75 bits per heavy atom. The van der Waals surface area contributed by atoms with E-state index in [4.69, 9.17) is 4.74 Å². The van der Waals surface area contributed by atoms with Crippen LogP contribution in [-0.4, -0.2) is 66.8 Å². The lowest BCUT2D eigenvalue weighted by molar-refractivity contribution is 0.0901. The van der Waals surface area contributed by atoms with Gasteiger partial charge in [-0.3, -0.25) is 9.88 Å². The van der Waals surface area contributed by atoms with Crippen LogP contribution in [0.5, 0.6) is 0 Å². The van der Waals surface area contributed by atoms with Gasteiger partial charge < -0.3 is 15.0 Å². The summed E-state index contributed by atoms with van der Waals surface area (Å²) in [6.07, 6.45) is 5.73. The highest BCUT2D eigenvalue weighted by molar-refractivity contribution is 5.90. The summed E-state index contributed by atoms with van der Waals surface area (Å²) in [5, 5.41) is 3.01. The average Bonchev–Trinajstić information content (AvgIpc) is 2.74. The number of rotatable bonds is 7. The highest BCUT2D eigenvalue weighted by atomic mass is 16.5. The average molecular weight is 380 g/mol. The summed E-state index contributed by atoms with van der Waals surface area (Å²) in [4.78, 5) is 21.1. The second kappa shape index (κ2) is 10.6. The largest absolute Gasteiger partial charge is 0.380 e. The Morgan fingerprint density at radius 2 is 2.00 bits per heavy atom. The van der Waals surface area contributed by atoms with Crippen LogP contribution in [0.1, 0.15) is 18.2 Å². The number of amides is 2. The predicted molar refractivity (Wildman–Crippen MR) is 113 cm³/mol. The highest BCUT2D eigenvalue weighted by Crippen LogP contribution is 2.14. The molecule has 148 valence electrons. The van der Waals surface area contributed by atoms with Gasteiger partial charge in [0.15, 0.2) is 0 Å². The molecule has 0 radical (unpaired) electrons. The van der Waals surface area contributed by atoms with Gasteiger partial charge in [0.05, 0.1) is 12.3 Å². The standard InChI is InChI=1S/C22H28N4O2/c1-2-28-17-16-25-12-14-26(15-13-25)22(27)24-21-8-5-6-19(18-21)9-10-20-7-3-4-11-23-20/h3-11,18H,2,12-17H2,1H3,(H,24,27). The van der Waals surface area contributed by atoms with Gasteiger partial charge in [-0.2, -0.15) is 0 Å². The number of urea groups is 1. The number of nitrogens with zero attached hydrogens (tertiary/aromatic N) is 3. The van der Waals surface area contributed by atoms with Crippen LogP contribution >= 0.6 is 0 Å². The van der Waals surface area contributed by atoms with Gasteiger partial charge in [-0.05, 0) is 42.8 Å². The van der Waals surface area contributed by atoms with Crippen molar-refractivity contribution in [2.45, 2.75) is 6.92 Å². The first-order valence-corrected chi connectivity index (χ1v) is 9.80. The van der Waals surface area contributed by atoms with Gasteiger partial charge >= 0.3 is 6.03 Å². The van der Waals surface area contributed by atoms with Crippen LogP contribution in [0.4, 0.5) is 10.5 Å². The Kier molecular flexibility index (Phi) is 7.58. The molecule has 28 heavy (non-hydrogen) atoms. The first-order valence-electron chi connectivity index (χ1n) is 9.80. The number of nitrogens with one attached hydrogen (secondary N) is 1. The Labute approximate surface area is 166 Å². The maximum absolute atomic E-state index is 12.6. The van der Waals surface area contributed by atoms with E-state index in [1.165, 1.54) is 0 Å². The van der Waals surface area contributed by atoms with Gasteiger partial charge in [0.25, 0.3) is 0 Å². The number of piperazine rings is 1. The molecule has 1 fully saturated rings. The summed E-state index contributed by atoms with van der Waals surface area (Å²) < 4.78 is 5.40. The van der Waals surface area contributed by atoms with Crippen LogP contribution in [0.25, 0.3) is 12.2 Å². The van der Waals surface area contributed by atoms with Crippen LogP contribution < -0.4 is 5.32 Å². The molecule has 1 N–H and O–H groups in total. The third kappa shape index (κ3) is 6.18. The lowest BCUT2D eigenvalue weighted by atomic mass is 10.1. The minimum atomic E-state index is -0.0460. The fourth-order valence-electron chi connectivity index (χ4n) is 3.09. The van der Waals surface area contributed by atoms with Gasteiger partial charge in [-0.15, -0.1) is 0 Å². The lowest BCUT2D eigenvalue weighted by Crippen LogP contribution is -2.50. The van der Waals surface area contributed by atoms with Crippen LogP contribution in [0, 0.1) is 0 Å². The van der Waals surface area contributed by atoms with Crippen molar-refractivity contribution in [1.29, 1.82) is 0 Å². The number of hydrogen-bond acceptors (Lipinski definition) is 4. The van der Waals surface area contributed by atoms with E-state index in [0.29, 0.717) is 0 Å². The number of anilines is 1. The Bertz CT molecular complexity index is 771. The van der Waals surface area contributed by atoms with E-state index in [9.17, 15) is 4.79 Å².